The minimum atomic E-state index is -4.65. The fourth-order valence-corrected chi connectivity index (χ4v) is 3.46. The van der Waals surface area contributed by atoms with Crippen molar-refractivity contribution in [3.63, 3.8) is 0 Å². The third kappa shape index (κ3) is 10.9. The summed E-state index contributed by atoms with van der Waals surface area (Å²) in [5.41, 5.74) is -1.81. The van der Waals surface area contributed by atoms with Crippen molar-refractivity contribution < 1.29 is 32.0 Å². The maximum absolute atomic E-state index is 12.7. The van der Waals surface area contributed by atoms with Crippen molar-refractivity contribution in [2.24, 2.45) is 0 Å². The summed E-state index contributed by atoms with van der Waals surface area (Å²) in [7, 11) is -4.65. The van der Waals surface area contributed by atoms with Crippen LogP contribution in [0.4, 0.5) is 0 Å². The third-order valence-electron chi connectivity index (χ3n) is 4.68. The molecule has 0 heterocycles. The summed E-state index contributed by atoms with van der Waals surface area (Å²) >= 11 is 0. The number of benzene rings is 1. The normalized spacial score (nSPS) is 12.1. The Kier molecular flexibility index (Phi) is 12.6. The molecule has 0 aromatic heterocycles. The zero-order valence-electron chi connectivity index (χ0n) is 18.8. The van der Waals surface area contributed by atoms with E-state index in [9.17, 15) is 22.6 Å². The molecule has 1 aromatic rings. The number of rotatable bonds is 11. The second-order valence-electron chi connectivity index (χ2n) is 8.73. The fraction of sp³-hybridized carbons (Fsp3) is 0.636. The van der Waals surface area contributed by atoms with Crippen LogP contribution in [-0.4, -0.2) is 85.0 Å². The zero-order valence-corrected chi connectivity index (χ0v) is 19.6. The number of carbonyl (C=O) groups is 2. The molecule has 0 aliphatic heterocycles. The predicted octanol–water partition coefficient (Wildman–Crippen LogP) is 4.27. The van der Waals surface area contributed by atoms with Crippen LogP contribution in [0.2, 0.25) is 0 Å². The summed E-state index contributed by atoms with van der Waals surface area (Å²) in [5.74, 6) is -1.55. The van der Waals surface area contributed by atoms with Gasteiger partial charge in [-0.3, -0.25) is 4.55 Å². The van der Waals surface area contributed by atoms with Gasteiger partial charge in [0.2, 0.25) is 0 Å². The molecule has 0 radical (unpaired) electrons. The molecular weight excluding hydrogens is 546 g/mol. The Labute approximate surface area is 226 Å². The number of hydrogen-bond donors (Lipinski definition) is 1. The molecule has 0 bridgehead atoms. The molecule has 0 amide bonds. The van der Waals surface area contributed by atoms with Crippen molar-refractivity contribution in [2.75, 3.05) is 0 Å². The molecule has 1 rings (SSSR count). The standard InChI is InChI=1S/C22H34O7S.Ba.2H/c1-7-9-11-21(3,4)28-19(23)16-13-17(15-18(14-16)30(25,26)27)20(24)29-22(5,6)12-10-8-2;;;/h13-15H,7-12H2,1-6H3,(H,25,26,27);;;. The van der Waals surface area contributed by atoms with E-state index in [1.807, 2.05) is 13.8 Å². The van der Waals surface area contributed by atoms with E-state index in [-0.39, 0.29) is 60.0 Å². The maximum atomic E-state index is 12.7. The van der Waals surface area contributed by atoms with E-state index in [1.165, 1.54) is 6.07 Å². The summed E-state index contributed by atoms with van der Waals surface area (Å²) in [6.07, 6.45) is 4.85. The van der Waals surface area contributed by atoms with E-state index in [1.54, 1.807) is 27.7 Å². The van der Waals surface area contributed by atoms with Crippen LogP contribution in [0.1, 0.15) is 101 Å². The van der Waals surface area contributed by atoms with Gasteiger partial charge >= 0.3 is 60.8 Å². The fourth-order valence-electron chi connectivity index (χ4n) is 2.91. The molecule has 1 aromatic carbocycles. The van der Waals surface area contributed by atoms with E-state index in [0.717, 1.165) is 37.8 Å². The first-order valence-corrected chi connectivity index (χ1v) is 11.7. The molecular formula is C22H36BaO7S. The first-order chi connectivity index (χ1) is 13.7. The third-order valence-corrected chi connectivity index (χ3v) is 5.51. The van der Waals surface area contributed by atoms with Crippen molar-refractivity contribution in [3.8, 4) is 0 Å². The van der Waals surface area contributed by atoms with Crippen molar-refractivity contribution in [1.29, 1.82) is 0 Å². The van der Waals surface area contributed by atoms with Gasteiger partial charge in [-0.05, 0) is 71.6 Å². The van der Waals surface area contributed by atoms with E-state index in [4.69, 9.17) is 9.47 Å². The van der Waals surface area contributed by atoms with Crippen LogP contribution >= 0.6 is 0 Å². The number of hydrogen-bond acceptors (Lipinski definition) is 6. The average molecular weight is 582 g/mol. The second kappa shape index (κ2) is 12.8. The van der Waals surface area contributed by atoms with E-state index < -0.39 is 38.2 Å². The Morgan fingerprint density at radius 2 is 1.19 bits per heavy atom. The Bertz CT molecular complexity index is 808. The minimum absolute atomic E-state index is 0. The van der Waals surface area contributed by atoms with Gasteiger partial charge in [0.05, 0.1) is 16.0 Å². The second-order valence-corrected chi connectivity index (χ2v) is 10.1. The number of carbonyl (C=O) groups excluding carboxylic acids is 2. The number of unbranched alkanes of at least 4 members (excludes halogenated alkanes) is 2. The Morgan fingerprint density at radius 1 is 0.839 bits per heavy atom. The molecule has 0 saturated heterocycles. The van der Waals surface area contributed by atoms with Gasteiger partial charge in [0, 0.05) is 0 Å². The monoisotopic (exact) mass is 582 g/mol. The van der Waals surface area contributed by atoms with E-state index in [0.29, 0.717) is 12.8 Å². The van der Waals surface area contributed by atoms with Crippen molar-refractivity contribution in [1.82, 2.24) is 0 Å². The van der Waals surface area contributed by atoms with Crippen molar-refractivity contribution in [2.45, 2.75) is 96.2 Å². The Morgan fingerprint density at radius 3 is 1.48 bits per heavy atom. The molecule has 0 fully saturated rings. The summed E-state index contributed by atoms with van der Waals surface area (Å²) in [6, 6.07) is 3.21. The van der Waals surface area contributed by atoms with Gasteiger partial charge in [0.15, 0.2) is 0 Å². The van der Waals surface area contributed by atoms with Crippen LogP contribution in [0.5, 0.6) is 0 Å². The summed E-state index contributed by atoms with van der Waals surface area (Å²) < 4.78 is 43.9. The molecule has 0 aliphatic carbocycles. The number of esters is 2. The molecule has 0 atom stereocenters. The van der Waals surface area contributed by atoms with Crippen LogP contribution < -0.4 is 0 Å². The Hall–Kier alpha value is -0.359. The van der Waals surface area contributed by atoms with E-state index in [2.05, 4.69) is 0 Å². The zero-order chi connectivity index (χ0) is 23.2. The average Bonchev–Trinajstić information content (AvgIpc) is 2.63. The first kappa shape index (κ1) is 30.6. The summed E-state index contributed by atoms with van der Waals surface area (Å²) in [6.45, 7) is 11.1. The molecule has 0 saturated carbocycles. The van der Waals surface area contributed by atoms with Crippen LogP contribution in [0.3, 0.4) is 0 Å². The van der Waals surface area contributed by atoms with Gasteiger partial charge in [-0.25, -0.2) is 9.59 Å². The molecule has 0 unspecified atom stereocenters. The van der Waals surface area contributed by atoms with Crippen molar-refractivity contribution >= 4 is 70.9 Å². The van der Waals surface area contributed by atoms with E-state index >= 15 is 0 Å². The van der Waals surface area contributed by atoms with Gasteiger partial charge in [0.1, 0.15) is 11.2 Å². The predicted molar refractivity (Wildman–Crippen MR) is 123 cm³/mol. The summed E-state index contributed by atoms with van der Waals surface area (Å²) in [5, 5.41) is 0. The summed E-state index contributed by atoms with van der Waals surface area (Å²) in [4.78, 5) is 24.7. The molecule has 1 N–H and O–H groups in total. The van der Waals surface area contributed by atoms with Crippen LogP contribution in [0.25, 0.3) is 0 Å². The molecule has 0 spiro atoms. The molecule has 0 aliphatic rings. The first-order valence-electron chi connectivity index (χ1n) is 10.3. The Balaban J connectivity index is 0.00000900. The van der Waals surface area contributed by atoms with Gasteiger partial charge < -0.3 is 9.47 Å². The van der Waals surface area contributed by atoms with Crippen LogP contribution in [-0.2, 0) is 19.6 Å². The molecule has 9 heteroatoms. The number of ether oxygens (including phenoxy) is 2. The molecule has 7 nitrogen and oxygen atoms in total. The molecule has 31 heavy (non-hydrogen) atoms. The van der Waals surface area contributed by atoms with Gasteiger partial charge in [-0.15, -0.1) is 0 Å². The molecule has 174 valence electrons. The topological polar surface area (TPSA) is 107 Å². The van der Waals surface area contributed by atoms with Crippen molar-refractivity contribution in [3.05, 3.63) is 29.3 Å². The van der Waals surface area contributed by atoms with Crippen LogP contribution in [0.15, 0.2) is 23.1 Å². The SMILES string of the molecule is CCCCC(C)(C)OC(=O)c1cc(C(=O)OC(C)(C)CCCC)cc(S(=O)(=O)O)c1.[BaH2]. The van der Waals surface area contributed by atoms with Gasteiger partial charge in [0.25, 0.3) is 10.1 Å². The van der Waals surface area contributed by atoms with Gasteiger partial charge in [-0.1, -0.05) is 26.7 Å². The van der Waals surface area contributed by atoms with Crippen LogP contribution in [0, 0.1) is 0 Å². The van der Waals surface area contributed by atoms with Gasteiger partial charge in [-0.2, -0.15) is 8.42 Å². The quantitative estimate of drug-likeness (QED) is 0.236.